The Balaban J connectivity index is 1.99. The summed E-state index contributed by atoms with van der Waals surface area (Å²) in [5.41, 5.74) is 1.92. The van der Waals surface area contributed by atoms with Crippen LogP contribution in [0.1, 0.15) is 24.0 Å². The zero-order valence-corrected chi connectivity index (χ0v) is 16.7. The molecule has 0 aliphatic carbocycles. The smallest absolute Gasteiger partial charge is 0.269 e. The lowest BCUT2D eigenvalue weighted by atomic mass is 10.2. The Kier molecular flexibility index (Phi) is 8.50. The number of unbranched alkanes of at least 4 members (excludes halogenated alkanes) is 1. The molecule has 2 aromatic rings. The van der Waals surface area contributed by atoms with Crippen molar-refractivity contribution in [2.75, 3.05) is 20.3 Å². The van der Waals surface area contributed by atoms with Crippen LogP contribution in [-0.4, -0.2) is 30.3 Å². The van der Waals surface area contributed by atoms with Crippen molar-refractivity contribution in [3.8, 4) is 11.5 Å². The van der Waals surface area contributed by atoms with E-state index in [9.17, 15) is 10.1 Å². The average molecular weight is 439 g/mol. The molecular formula is C19H23BrN2O5. The second-order valence-corrected chi connectivity index (χ2v) is 6.77. The Labute approximate surface area is 166 Å². The minimum atomic E-state index is -0.429. The summed E-state index contributed by atoms with van der Waals surface area (Å²) >= 11 is 3.55. The van der Waals surface area contributed by atoms with Crippen molar-refractivity contribution in [2.45, 2.75) is 26.0 Å². The van der Waals surface area contributed by atoms with Crippen LogP contribution in [0.5, 0.6) is 11.5 Å². The molecular weight excluding hydrogens is 416 g/mol. The Bertz CT molecular complexity index is 753. The van der Waals surface area contributed by atoms with Gasteiger partial charge in [0.2, 0.25) is 0 Å². The maximum absolute atomic E-state index is 10.7. The molecule has 0 aromatic heterocycles. The van der Waals surface area contributed by atoms with E-state index in [2.05, 4.69) is 21.2 Å². The van der Waals surface area contributed by atoms with Crippen molar-refractivity contribution in [3.05, 3.63) is 62.1 Å². The van der Waals surface area contributed by atoms with Crippen molar-refractivity contribution in [2.24, 2.45) is 0 Å². The molecule has 0 fully saturated rings. The van der Waals surface area contributed by atoms with Crippen LogP contribution in [0.4, 0.5) is 5.69 Å². The molecule has 2 N–H and O–H groups in total. The molecule has 27 heavy (non-hydrogen) atoms. The highest BCUT2D eigenvalue weighted by molar-refractivity contribution is 9.10. The molecule has 7 nitrogen and oxygen atoms in total. The van der Waals surface area contributed by atoms with Gasteiger partial charge in [-0.25, -0.2) is 0 Å². The number of nitro benzene ring substituents is 1. The molecule has 0 unspecified atom stereocenters. The van der Waals surface area contributed by atoms with Gasteiger partial charge in [-0.2, -0.15) is 0 Å². The van der Waals surface area contributed by atoms with E-state index < -0.39 is 4.92 Å². The van der Waals surface area contributed by atoms with E-state index in [0.29, 0.717) is 18.0 Å². The molecule has 8 heteroatoms. The number of ether oxygens (including phenoxy) is 2. The van der Waals surface area contributed by atoms with E-state index in [1.807, 2.05) is 12.1 Å². The lowest BCUT2D eigenvalue weighted by Crippen LogP contribution is -2.15. The SMILES string of the molecule is COc1cc(CNCCCCO)c(Br)cc1OCc1ccc([N+](=O)[O-])cc1. The van der Waals surface area contributed by atoms with Crippen LogP contribution in [0.25, 0.3) is 0 Å². The standard InChI is InChI=1S/C19H23BrN2O5/c1-26-18-10-15(12-21-8-2-3-9-23)17(20)11-19(18)27-13-14-4-6-16(7-5-14)22(24)25/h4-7,10-11,21,23H,2-3,8-9,12-13H2,1H3. The van der Waals surface area contributed by atoms with Gasteiger partial charge in [-0.15, -0.1) is 0 Å². The van der Waals surface area contributed by atoms with Crippen molar-refractivity contribution in [1.82, 2.24) is 5.32 Å². The van der Waals surface area contributed by atoms with E-state index in [0.717, 1.165) is 35.0 Å². The highest BCUT2D eigenvalue weighted by Gasteiger charge is 2.11. The van der Waals surface area contributed by atoms with E-state index in [1.165, 1.54) is 12.1 Å². The van der Waals surface area contributed by atoms with Gasteiger partial charge in [-0.05, 0) is 54.8 Å². The highest BCUT2D eigenvalue weighted by atomic mass is 79.9. The maximum Gasteiger partial charge on any atom is 0.269 e. The molecule has 0 aliphatic rings. The number of nitrogens with one attached hydrogen (secondary N) is 1. The minimum absolute atomic E-state index is 0.0508. The molecule has 0 saturated carbocycles. The second kappa shape index (κ2) is 10.9. The van der Waals surface area contributed by atoms with Crippen molar-refractivity contribution in [1.29, 1.82) is 0 Å². The third-order valence-corrected chi connectivity index (χ3v) is 4.69. The molecule has 2 rings (SSSR count). The third kappa shape index (κ3) is 6.50. The van der Waals surface area contributed by atoms with Crippen LogP contribution < -0.4 is 14.8 Å². The van der Waals surface area contributed by atoms with Gasteiger partial charge < -0.3 is 19.9 Å². The molecule has 0 atom stereocenters. The Morgan fingerprint density at radius 3 is 2.56 bits per heavy atom. The summed E-state index contributed by atoms with van der Waals surface area (Å²) in [7, 11) is 1.58. The van der Waals surface area contributed by atoms with Gasteiger partial charge in [0.1, 0.15) is 6.61 Å². The number of benzene rings is 2. The van der Waals surface area contributed by atoms with Crippen LogP contribution in [0.3, 0.4) is 0 Å². The third-order valence-electron chi connectivity index (χ3n) is 3.95. The zero-order valence-electron chi connectivity index (χ0n) is 15.1. The van der Waals surface area contributed by atoms with Gasteiger partial charge in [0.05, 0.1) is 12.0 Å². The number of nitro groups is 1. The minimum Gasteiger partial charge on any atom is -0.493 e. The van der Waals surface area contributed by atoms with Gasteiger partial charge in [-0.1, -0.05) is 15.9 Å². The molecule has 0 heterocycles. The van der Waals surface area contributed by atoms with Gasteiger partial charge in [0, 0.05) is 29.8 Å². The molecule has 0 saturated heterocycles. The first-order valence-corrected chi connectivity index (χ1v) is 9.38. The fraction of sp³-hybridized carbons (Fsp3) is 0.368. The quantitative estimate of drug-likeness (QED) is 0.314. The summed E-state index contributed by atoms with van der Waals surface area (Å²) in [5, 5.41) is 22.8. The normalized spacial score (nSPS) is 10.6. The van der Waals surface area contributed by atoms with Crippen molar-refractivity contribution in [3.63, 3.8) is 0 Å². The number of aliphatic hydroxyl groups excluding tert-OH is 1. The molecule has 0 bridgehead atoms. The zero-order chi connectivity index (χ0) is 19.6. The number of hydrogen-bond donors (Lipinski definition) is 2. The molecule has 0 aliphatic heterocycles. The van der Waals surface area contributed by atoms with Crippen LogP contribution in [0.2, 0.25) is 0 Å². The number of non-ortho nitro benzene ring substituents is 1. The molecule has 2 aromatic carbocycles. The summed E-state index contributed by atoms with van der Waals surface area (Å²) in [5.74, 6) is 1.21. The van der Waals surface area contributed by atoms with Gasteiger partial charge >= 0.3 is 0 Å². The monoisotopic (exact) mass is 438 g/mol. The molecule has 0 amide bonds. The molecule has 0 radical (unpaired) electrons. The lowest BCUT2D eigenvalue weighted by molar-refractivity contribution is -0.384. The first-order valence-electron chi connectivity index (χ1n) is 8.59. The summed E-state index contributed by atoms with van der Waals surface area (Å²) in [4.78, 5) is 10.3. The summed E-state index contributed by atoms with van der Waals surface area (Å²) in [6.07, 6.45) is 1.70. The number of nitrogens with zero attached hydrogens (tertiary/aromatic N) is 1. The Morgan fingerprint density at radius 2 is 1.93 bits per heavy atom. The Hall–Kier alpha value is -2.16. The van der Waals surface area contributed by atoms with Crippen molar-refractivity contribution < 1.29 is 19.5 Å². The van der Waals surface area contributed by atoms with E-state index in [-0.39, 0.29) is 18.9 Å². The van der Waals surface area contributed by atoms with Crippen LogP contribution in [0.15, 0.2) is 40.9 Å². The number of methoxy groups -OCH3 is 1. The maximum atomic E-state index is 10.7. The van der Waals surface area contributed by atoms with Gasteiger partial charge in [0.15, 0.2) is 11.5 Å². The second-order valence-electron chi connectivity index (χ2n) is 5.91. The summed E-state index contributed by atoms with van der Waals surface area (Å²) < 4.78 is 12.2. The van der Waals surface area contributed by atoms with Gasteiger partial charge in [-0.3, -0.25) is 10.1 Å². The average Bonchev–Trinajstić information content (AvgIpc) is 2.67. The van der Waals surface area contributed by atoms with Crippen LogP contribution in [-0.2, 0) is 13.2 Å². The first-order chi connectivity index (χ1) is 13.0. The summed E-state index contributed by atoms with van der Waals surface area (Å²) in [6, 6.07) is 10.0. The fourth-order valence-electron chi connectivity index (χ4n) is 2.44. The van der Waals surface area contributed by atoms with Gasteiger partial charge in [0.25, 0.3) is 5.69 Å². The highest BCUT2D eigenvalue weighted by Crippen LogP contribution is 2.34. The molecule has 146 valence electrons. The predicted octanol–water partition coefficient (Wildman–Crippen LogP) is 3.81. The number of hydrogen-bond acceptors (Lipinski definition) is 6. The first kappa shape index (κ1) is 21.1. The molecule has 0 spiro atoms. The predicted molar refractivity (Wildman–Crippen MR) is 106 cm³/mol. The van der Waals surface area contributed by atoms with E-state index in [1.54, 1.807) is 19.2 Å². The van der Waals surface area contributed by atoms with Crippen LogP contribution in [0, 0.1) is 10.1 Å². The topological polar surface area (TPSA) is 93.9 Å². The summed E-state index contributed by atoms with van der Waals surface area (Å²) in [6.45, 7) is 1.98. The Morgan fingerprint density at radius 1 is 1.19 bits per heavy atom. The lowest BCUT2D eigenvalue weighted by Gasteiger charge is -2.14. The van der Waals surface area contributed by atoms with E-state index >= 15 is 0 Å². The number of rotatable bonds is 11. The van der Waals surface area contributed by atoms with Crippen molar-refractivity contribution >= 4 is 21.6 Å². The van der Waals surface area contributed by atoms with E-state index in [4.69, 9.17) is 14.6 Å². The van der Waals surface area contributed by atoms with Crippen LogP contribution >= 0.6 is 15.9 Å². The fourth-order valence-corrected chi connectivity index (χ4v) is 2.91. The number of aliphatic hydroxyl groups is 1. The largest absolute Gasteiger partial charge is 0.493 e. The number of halogens is 1.